The molecule has 1 aliphatic rings. The summed E-state index contributed by atoms with van der Waals surface area (Å²) in [6.07, 6.45) is 6.14. The van der Waals surface area contributed by atoms with Crippen molar-refractivity contribution in [3.8, 4) is 0 Å². The Morgan fingerprint density at radius 3 is 2.75 bits per heavy atom. The van der Waals surface area contributed by atoms with Gasteiger partial charge in [0.25, 0.3) is 0 Å². The molecule has 1 heterocycles. The molecule has 1 saturated carbocycles. The maximum absolute atomic E-state index is 12.1. The summed E-state index contributed by atoms with van der Waals surface area (Å²) in [6.45, 7) is 0.736. The summed E-state index contributed by atoms with van der Waals surface area (Å²) in [4.78, 5) is 24.7. The second-order valence-corrected chi connectivity index (χ2v) is 6.20. The van der Waals surface area contributed by atoms with Gasteiger partial charge in [-0.1, -0.05) is 19.3 Å². The maximum Gasteiger partial charge on any atom is 0.338 e. The fourth-order valence-corrected chi connectivity index (χ4v) is 3.38. The van der Waals surface area contributed by atoms with E-state index in [0.717, 1.165) is 6.54 Å². The first kappa shape index (κ1) is 14.8. The molecule has 2 amide bonds. The van der Waals surface area contributed by atoms with Crippen molar-refractivity contribution in [1.82, 2.24) is 4.90 Å². The summed E-state index contributed by atoms with van der Waals surface area (Å²) in [5.74, 6) is -0.446. The summed E-state index contributed by atoms with van der Waals surface area (Å²) < 4.78 is 0. The van der Waals surface area contributed by atoms with Crippen LogP contribution in [0.2, 0.25) is 0 Å². The number of rotatable bonds is 4. The maximum atomic E-state index is 12.1. The van der Waals surface area contributed by atoms with Crippen LogP contribution in [0.5, 0.6) is 0 Å². The fourth-order valence-electron chi connectivity index (χ4n) is 2.61. The smallest absolute Gasteiger partial charge is 0.338 e. The number of aromatic carboxylic acids is 1. The van der Waals surface area contributed by atoms with Gasteiger partial charge in [0.1, 0.15) is 5.00 Å². The van der Waals surface area contributed by atoms with Crippen LogP contribution in [0, 0.1) is 5.92 Å². The molecule has 1 aliphatic carbocycles. The molecule has 0 spiro atoms. The molecule has 0 atom stereocenters. The van der Waals surface area contributed by atoms with E-state index in [2.05, 4.69) is 5.32 Å². The Hall–Kier alpha value is -1.56. The van der Waals surface area contributed by atoms with E-state index in [1.807, 2.05) is 0 Å². The Morgan fingerprint density at radius 2 is 2.10 bits per heavy atom. The number of anilines is 1. The number of carboxylic acids is 1. The number of carbonyl (C=O) groups excluding carboxylic acids is 1. The molecule has 1 aromatic heterocycles. The van der Waals surface area contributed by atoms with Crippen LogP contribution in [0.1, 0.15) is 42.5 Å². The topological polar surface area (TPSA) is 69.6 Å². The Balaban J connectivity index is 1.90. The van der Waals surface area contributed by atoms with Gasteiger partial charge in [-0.05, 0) is 30.2 Å². The van der Waals surface area contributed by atoms with Crippen molar-refractivity contribution in [3.05, 3.63) is 17.0 Å². The third kappa shape index (κ3) is 3.72. The van der Waals surface area contributed by atoms with Gasteiger partial charge in [-0.25, -0.2) is 9.59 Å². The highest BCUT2D eigenvalue weighted by molar-refractivity contribution is 7.14. The van der Waals surface area contributed by atoms with E-state index >= 15 is 0 Å². The molecule has 110 valence electrons. The third-order valence-corrected chi connectivity index (χ3v) is 4.55. The third-order valence-electron chi connectivity index (χ3n) is 3.72. The lowest BCUT2D eigenvalue weighted by Gasteiger charge is -2.27. The number of nitrogens with one attached hydrogen (secondary N) is 1. The number of nitrogens with zero attached hydrogens (tertiary/aromatic N) is 1. The lowest BCUT2D eigenvalue weighted by Crippen LogP contribution is -2.35. The second-order valence-electron chi connectivity index (χ2n) is 5.28. The molecule has 0 aliphatic heterocycles. The molecule has 2 rings (SSSR count). The summed E-state index contributed by atoms with van der Waals surface area (Å²) in [5.41, 5.74) is 0.148. The van der Waals surface area contributed by atoms with Gasteiger partial charge in [0.2, 0.25) is 0 Å². The average molecular weight is 296 g/mol. The van der Waals surface area contributed by atoms with Gasteiger partial charge in [0.15, 0.2) is 0 Å². The van der Waals surface area contributed by atoms with Gasteiger partial charge in [-0.2, -0.15) is 0 Å². The number of urea groups is 1. The largest absolute Gasteiger partial charge is 0.478 e. The van der Waals surface area contributed by atoms with Crippen molar-refractivity contribution < 1.29 is 14.7 Å². The first-order valence-corrected chi connectivity index (χ1v) is 7.79. The Morgan fingerprint density at radius 1 is 1.40 bits per heavy atom. The number of carboxylic acid groups (broad SMARTS) is 1. The zero-order valence-electron chi connectivity index (χ0n) is 11.6. The summed E-state index contributed by atoms with van der Waals surface area (Å²) in [7, 11) is 1.76. The van der Waals surface area contributed by atoms with E-state index < -0.39 is 5.97 Å². The van der Waals surface area contributed by atoms with Crippen LogP contribution in [0.15, 0.2) is 11.4 Å². The zero-order valence-corrected chi connectivity index (χ0v) is 12.4. The molecule has 6 heteroatoms. The predicted molar refractivity (Wildman–Crippen MR) is 79.5 cm³/mol. The van der Waals surface area contributed by atoms with Crippen molar-refractivity contribution in [3.63, 3.8) is 0 Å². The average Bonchev–Trinajstić information content (AvgIpc) is 2.88. The van der Waals surface area contributed by atoms with Gasteiger partial charge < -0.3 is 10.0 Å². The molecule has 20 heavy (non-hydrogen) atoms. The summed E-state index contributed by atoms with van der Waals surface area (Å²) in [5, 5.41) is 13.8. The van der Waals surface area contributed by atoms with Crippen molar-refractivity contribution in [2.45, 2.75) is 32.1 Å². The van der Waals surface area contributed by atoms with E-state index in [1.165, 1.54) is 49.5 Å². The lowest BCUT2D eigenvalue weighted by molar-refractivity contribution is 0.0698. The normalized spacial score (nSPS) is 15.8. The minimum Gasteiger partial charge on any atom is -0.478 e. The molecule has 0 unspecified atom stereocenters. The fraction of sp³-hybridized carbons (Fsp3) is 0.571. The molecule has 0 saturated heterocycles. The molecule has 1 aromatic rings. The van der Waals surface area contributed by atoms with E-state index in [4.69, 9.17) is 5.11 Å². The standard InChI is InChI=1S/C14H20N2O3S/c1-16(9-10-5-3-2-4-6-10)14(19)15-12-11(13(17)18)7-8-20-12/h7-8,10H,2-6,9H2,1H3,(H,15,19)(H,17,18). The number of thiophene rings is 1. The van der Waals surface area contributed by atoms with E-state index in [0.29, 0.717) is 10.9 Å². The molecular formula is C14H20N2O3S. The summed E-state index contributed by atoms with van der Waals surface area (Å²) in [6, 6.07) is 1.27. The quantitative estimate of drug-likeness (QED) is 0.893. The molecular weight excluding hydrogens is 276 g/mol. The number of carbonyl (C=O) groups is 2. The van der Waals surface area contributed by atoms with E-state index in [-0.39, 0.29) is 11.6 Å². The van der Waals surface area contributed by atoms with Crippen LogP contribution >= 0.6 is 11.3 Å². The molecule has 0 aromatic carbocycles. The zero-order chi connectivity index (χ0) is 14.5. The molecule has 1 fully saturated rings. The predicted octanol–water partition coefficient (Wildman–Crippen LogP) is 3.49. The molecule has 0 radical (unpaired) electrons. The van der Waals surface area contributed by atoms with Crippen LogP contribution in [0.25, 0.3) is 0 Å². The molecule has 2 N–H and O–H groups in total. The Bertz CT molecular complexity index is 481. The van der Waals surface area contributed by atoms with E-state index in [1.54, 1.807) is 17.3 Å². The monoisotopic (exact) mass is 296 g/mol. The minimum atomic E-state index is -1.02. The minimum absolute atomic E-state index is 0.148. The number of hydrogen-bond acceptors (Lipinski definition) is 3. The van der Waals surface area contributed by atoms with Crippen molar-refractivity contribution >= 4 is 28.3 Å². The van der Waals surface area contributed by atoms with Gasteiger partial charge in [0.05, 0.1) is 5.56 Å². The van der Waals surface area contributed by atoms with Crippen molar-refractivity contribution in [1.29, 1.82) is 0 Å². The Kier molecular flexibility index (Phi) is 5.00. The van der Waals surface area contributed by atoms with Crippen LogP contribution in [-0.2, 0) is 0 Å². The van der Waals surface area contributed by atoms with Gasteiger partial charge in [0, 0.05) is 13.6 Å². The summed E-state index contributed by atoms with van der Waals surface area (Å²) >= 11 is 1.23. The van der Waals surface area contributed by atoms with Gasteiger partial charge >= 0.3 is 12.0 Å². The number of hydrogen-bond donors (Lipinski definition) is 2. The highest BCUT2D eigenvalue weighted by atomic mass is 32.1. The molecule has 5 nitrogen and oxygen atoms in total. The lowest BCUT2D eigenvalue weighted by atomic mass is 9.89. The van der Waals surface area contributed by atoms with Crippen LogP contribution < -0.4 is 5.32 Å². The van der Waals surface area contributed by atoms with Crippen LogP contribution in [-0.4, -0.2) is 35.6 Å². The van der Waals surface area contributed by atoms with Gasteiger partial charge in [-0.15, -0.1) is 11.3 Å². The second kappa shape index (κ2) is 6.74. The number of amides is 2. The first-order valence-electron chi connectivity index (χ1n) is 6.91. The van der Waals surface area contributed by atoms with Crippen LogP contribution in [0.4, 0.5) is 9.80 Å². The van der Waals surface area contributed by atoms with Crippen LogP contribution in [0.3, 0.4) is 0 Å². The van der Waals surface area contributed by atoms with Crippen molar-refractivity contribution in [2.75, 3.05) is 18.9 Å². The molecule has 0 bridgehead atoms. The SMILES string of the molecule is CN(CC1CCCCC1)C(=O)Nc1sccc1C(=O)O. The Labute approximate surface area is 122 Å². The van der Waals surface area contributed by atoms with Crippen molar-refractivity contribution in [2.24, 2.45) is 5.92 Å². The first-order chi connectivity index (χ1) is 9.58. The van der Waals surface area contributed by atoms with Gasteiger partial charge in [-0.3, -0.25) is 5.32 Å². The highest BCUT2D eigenvalue weighted by Gasteiger charge is 2.20. The van der Waals surface area contributed by atoms with E-state index in [9.17, 15) is 9.59 Å². The highest BCUT2D eigenvalue weighted by Crippen LogP contribution is 2.26.